The molecule has 1 heterocycles. The topological polar surface area (TPSA) is 50.9 Å². The number of pyridine rings is 1. The molecule has 1 unspecified atom stereocenters. The van der Waals surface area contributed by atoms with E-state index < -0.39 is 0 Å². The number of hydrazine groups is 1. The molecule has 100 valence electrons. The maximum Gasteiger partial charge on any atom is 0.129 e. The molecule has 5 heteroatoms. The summed E-state index contributed by atoms with van der Waals surface area (Å²) in [6, 6.07) is 8.28. The number of nitrogens with two attached hydrogens (primary N) is 1. The summed E-state index contributed by atoms with van der Waals surface area (Å²) in [7, 11) is 0. The first-order valence-electron chi connectivity index (χ1n) is 5.92. The molecule has 3 nitrogen and oxygen atoms in total. The summed E-state index contributed by atoms with van der Waals surface area (Å²) in [6.07, 6.45) is 2.29. The van der Waals surface area contributed by atoms with Crippen LogP contribution in [0.1, 0.15) is 22.7 Å². The molecule has 0 aliphatic rings. The average Bonchev–Trinajstić information content (AvgIpc) is 2.38. The lowest BCUT2D eigenvalue weighted by atomic mass is 9.97. The maximum absolute atomic E-state index is 13.1. The molecule has 2 aromatic rings. The Morgan fingerprint density at radius 3 is 2.79 bits per heavy atom. The van der Waals surface area contributed by atoms with Crippen LogP contribution in [0.25, 0.3) is 0 Å². The summed E-state index contributed by atoms with van der Waals surface area (Å²) in [5, 5.41) is 0.425. The van der Waals surface area contributed by atoms with Gasteiger partial charge in [0.2, 0.25) is 0 Å². The van der Waals surface area contributed by atoms with Crippen molar-refractivity contribution in [3.05, 3.63) is 64.2 Å². The van der Waals surface area contributed by atoms with E-state index in [2.05, 4.69) is 10.4 Å². The van der Waals surface area contributed by atoms with Crippen LogP contribution in [0, 0.1) is 12.7 Å². The fourth-order valence-electron chi connectivity index (χ4n) is 2.02. The zero-order chi connectivity index (χ0) is 13.8. The van der Waals surface area contributed by atoms with Crippen LogP contribution < -0.4 is 11.3 Å². The largest absolute Gasteiger partial charge is 0.271 e. The zero-order valence-electron chi connectivity index (χ0n) is 10.5. The van der Waals surface area contributed by atoms with Crippen molar-refractivity contribution in [3.8, 4) is 0 Å². The minimum Gasteiger partial charge on any atom is -0.271 e. The van der Waals surface area contributed by atoms with E-state index in [4.69, 9.17) is 17.4 Å². The molecule has 2 rings (SSSR count). The summed E-state index contributed by atoms with van der Waals surface area (Å²) in [6.45, 7) is 1.88. The maximum atomic E-state index is 13.1. The van der Waals surface area contributed by atoms with E-state index in [1.807, 2.05) is 13.0 Å². The van der Waals surface area contributed by atoms with E-state index in [-0.39, 0.29) is 11.9 Å². The first kappa shape index (κ1) is 13.9. The highest BCUT2D eigenvalue weighted by atomic mass is 35.5. The van der Waals surface area contributed by atoms with Crippen LogP contribution in [-0.2, 0) is 6.42 Å². The molecule has 0 saturated carbocycles. The van der Waals surface area contributed by atoms with Gasteiger partial charge in [-0.1, -0.05) is 17.7 Å². The third kappa shape index (κ3) is 3.50. The number of benzene rings is 1. The van der Waals surface area contributed by atoms with E-state index >= 15 is 0 Å². The quantitative estimate of drug-likeness (QED) is 0.514. The molecule has 0 amide bonds. The van der Waals surface area contributed by atoms with Crippen LogP contribution in [0.2, 0.25) is 5.15 Å². The van der Waals surface area contributed by atoms with Gasteiger partial charge < -0.3 is 0 Å². The van der Waals surface area contributed by atoms with Gasteiger partial charge in [0, 0.05) is 6.20 Å². The second-order valence-corrected chi connectivity index (χ2v) is 4.79. The molecule has 0 bridgehead atoms. The molecule has 19 heavy (non-hydrogen) atoms. The molecule has 0 saturated heterocycles. The Labute approximate surface area is 116 Å². The summed E-state index contributed by atoms with van der Waals surface area (Å²) in [5.41, 5.74) is 5.65. The zero-order valence-corrected chi connectivity index (χ0v) is 11.3. The Kier molecular flexibility index (Phi) is 4.47. The van der Waals surface area contributed by atoms with Gasteiger partial charge in [0.05, 0.1) is 6.04 Å². The first-order valence-corrected chi connectivity index (χ1v) is 6.30. The van der Waals surface area contributed by atoms with Gasteiger partial charge in [-0.25, -0.2) is 9.37 Å². The molecule has 1 atom stereocenters. The van der Waals surface area contributed by atoms with Crippen LogP contribution in [0.3, 0.4) is 0 Å². The summed E-state index contributed by atoms with van der Waals surface area (Å²) in [5.74, 6) is 5.36. The fourth-order valence-corrected chi connectivity index (χ4v) is 2.20. The van der Waals surface area contributed by atoms with Gasteiger partial charge in [-0.3, -0.25) is 11.3 Å². The van der Waals surface area contributed by atoms with Crippen molar-refractivity contribution in [2.75, 3.05) is 0 Å². The minimum atomic E-state index is -0.231. The third-order valence-electron chi connectivity index (χ3n) is 3.08. The van der Waals surface area contributed by atoms with Gasteiger partial charge in [-0.2, -0.15) is 0 Å². The highest BCUT2D eigenvalue weighted by Crippen LogP contribution is 2.21. The van der Waals surface area contributed by atoms with Gasteiger partial charge in [0.1, 0.15) is 11.0 Å². The van der Waals surface area contributed by atoms with Crippen molar-refractivity contribution >= 4 is 11.6 Å². The Bertz CT molecular complexity index is 574. The summed E-state index contributed by atoms with van der Waals surface area (Å²) < 4.78 is 13.1. The second kappa shape index (κ2) is 6.10. The van der Waals surface area contributed by atoms with E-state index in [0.717, 1.165) is 16.7 Å². The van der Waals surface area contributed by atoms with Crippen LogP contribution in [0.5, 0.6) is 0 Å². The van der Waals surface area contributed by atoms with Crippen molar-refractivity contribution in [2.45, 2.75) is 19.4 Å². The molecular formula is C14H15ClFN3. The number of hydrogen-bond donors (Lipinski definition) is 2. The lowest BCUT2D eigenvalue weighted by Gasteiger charge is -2.17. The number of rotatable bonds is 4. The average molecular weight is 280 g/mol. The van der Waals surface area contributed by atoms with Gasteiger partial charge in [-0.15, -0.1) is 0 Å². The Morgan fingerprint density at radius 2 is 2.16 bits per heavy atom. The van der Waals surface area contributed by atoms with Gasteiger partial charge in [0.15, 0.2) is 0 Å². The predicted molar refractivity (Wildman–Crippen MR) is 74.2 cm³/mol. The molecule has 1 aromatic heterocycles. The smallest absolute Gasteiger partial charge is 0.129 e. The van der Waals surface area contributed by atoms with Crippen LogP contribution in [0.15, 0.2) is 36.5 Å². The second-order valence-electron chi connectivity index (χ2n) is 4.41. The van der Waals surface area contributed by atoms with Crippen LogP contribution in [0.4, 0.5) is 4.39 Å². The molecule has 1 aromatic carbocycles. The Balaban J connectivity index is 2.24. The van der Waals surface area contributed by atoms with E-state index in [1.165, 1.54) is 12.1 Å². The van der Waals surface area contributed by atoms with Crippen molar-refractivity contribution < 1.29 is 4.39 Å². The highest BCUT2D eigenvalue weighted by molar-refractivity contribution is 6.29. The van der Waals surface area contributed by atoms with Crippen molar-refractivity contribution in [1.82, 2.24) is 10.4 Å². The molecule has 0 fully saturated rings. The molecule has 0 spiro atoms. The van der Waals surface area contributed by atoms with Crippen LogP contribution in [-0.4, -0.2) is 4.98 Å². The van der Waals surface area contributed by atoms with Crippen molar-refractivity contribution in [3.63, 3.8) is 0 Å². The number of aromatic nitrogens is 1. The lowest BCUT2D eigenvalue weighted by molar-refractivity contribution is 0.549. The number of nitrogens with zero attached hydrogens (tertiary/aromatic N) is 1. The van der Waals surface area contributed by atoms with Gasteiger partial charge in [-0.05, 0) is 54.3 Å². The summed E-state index contributed by atoms with van der Waals surface area (Å²) >= 11 is 5.87. The van der Waals surface area contributed by atoms with Crippen molar-refractivity contribution in [1.29, 1.82) is 0 Å². The normalized spacial score (nSPS) is 12.4. The van der Waals surface area contributed by atoms with Gasteiger partial charge >= 0.3 is 0 Å². The highest BCUT2D eigenvalue weighted by Gasteiger charge is 2.13. The standard InChI is InChI=1S/C14H15ClFN3/c1-9-6-12(16)3-2-10(9)7-13(19-17)11-4-5-18-14(15)8-11/h2-6,8,13,19H,7,17H2,1H3. The Morgan fingerprint density at radius 1 is 1.37 bits per heavy atom. The van der Waals surface area contributed by atoms with Crippen molar-refractivity contribution in [2.24, 2.45) is 5.84 Å². The SMILES string of the molecule is Cc1cc(F)ccc1CC(NN)c1ccnc(Cl)c1. The van der Waals surface area contributed by atoms with E-state index in [0.29, 0.717) is 11.6 Å². The van der Waals surface area contributed by atoms with E-state index in [1.54, 1.807) is 18.3 Å². The minimum absolute atomic E-state index is 0.0929. The number of hydrogen-bond acceptors (Lipinski definition) is 3. The molecule has 0 aliphatic carbocycles. The third-order valence-corrected chi connectivity index (χ3v) is 3.29. The van der Waals surface area contributed by atoms with Crippen LogP contribution >= 0.6 is 11.6 Å². The van der Waals surface area contributed by atoms with E-state index in [9.17, 15) is 4.39 Å². The number of halogens is 2. The molecule has 0 radical (unpaired) electrons. The molecule has 0 aliphatic heterocycles. The first-order chi connectivity index (χ1) is 9.10. The van der Waals surface area contributed by atoms with Gasteiger partial charge in [0.25, 0.3) is 0 Å². The fraction of sp³-hybridized carbons (Fsp3) is 0.214. The lowest BCUT2D eigenvalue weighted by Crippen LogP contribution is -2.29. The number of aryl methyl sites for hydroxylation is 1. The monoisotopic (exact) mass is 279 g/mol. The molecular weight excluding hydrogens is 265 g/mol. The predicted octanol–water partition coefficient (Wildman–Crippen LogP) is 2.93. The molecule has 3 N–H and O–H groups in total. The summed E-state index contributed by atoms with van der Waals surface area (Å²) in [4.78, 5) is 3.94. The Hall–Kier alpha value is -1.49. The number of nitrogens with one attached hydrogen (secondary N) is 1.